The smallest absolute Gasteiger partial charge is 0.292 e. The minimum absolute atomic E-state index is 0.0421. The van der Waals surface area contributed by atoms with Crippen molar-refractivity contribution in [2.24, 2.45) is 7.05 Å². The number of benzene rings is 1. The van der Waals surface area contributed by atoms with Crippen molar-refractivity contribution in [2.45, 2.75) is 25.3 Å². The van der Waals surface area contributed by atoms with Crippen LogP contribution in [0, 0.1) is 11.6 Å². The van der Waals surface area contributed by atoms with Gasteiger partial charge in [0.25, 0.3) is 5.56 Å². The maximum absolute atomic E-state index is 14.0. The lowest BCUT2D eigenvalue weighted by molar-refractivity contribution is 0.567. The van der Waals surface area contributed by atoms with E-state index in [1.165, 1.54) is 6.20 Å². The molecule has 0 amide bonds. The summed E-state index contributed by atoms with van der Waals surface area (Å²) in [4.78, 5) is 12.6. The Bertz CT molecular complexity index is 1080. The first-order valence-corrected chi connectivity index (χ1v) is 8.84. The lowest BCUT2D eigenvalue weighted by Crippen LogP contribution is -2.25. The van der Waals surface area contributed by atoms with Gasteiger partial charge in [-0.05, 0) is 31.4 Å². The second kappa shape index (κ2) is 6.77. The van der Waals surface area contributed by atoms with Crippen LogP contribution in [0.5, 0.6) is 0 Å². The number of aromatic nitrogens is 4. The largest absolute Gasteiger partial charge is 0.375 e. The molecule has 2 heterocycles. The summed E-state index contributed by atoms with van der Waals surface area (Å²) in [6.45, 7) is 0. The molecule has 9 heteroatoms. The van der Waals surface area contributed by atoms with Crippen molar-refractivity contribution in [3.05, 3.63) is 68.9 Å². The van der Waals surface area contributed by atoms with E-state index in [0.29, 0.717) is 11.8 Å². The average Bonchev–Trinajstić information content (AvgIpc) is 3.02. The first kappa shape index (κ1) is 17.7. The van der Waals surface area contributed by atoms with E-state index < -0.39 is 17.2 Å². The molecule has 1 aliphatic rings. The molecular formula is C18H16ClF2N5O. The molecule has 140 valence electrons. The zero-order valence-corrected chi connectivity index (χ0v) is 15.2. The van der Waals surface area contributed by atoms with Crippen molar-refractivity contribution in [1.82, 2.24) is 19.6 Å². The first-order valence-electron chi connectivity index (χ1n) is 8.46. The van der Waals surface area contributed by atoms with Gasteiger partial charge in [-0.15, -0.1) is 0 Å². The topological polar surface area (TPSA) is 64.7 Å². The summed E-state index contributed by atoms with van der Waals surface area (Å²) in [6, 6.07) is 2.85. The van der Waals surface area contributed by atoms with Gasteiger partial charge < -0.3 is 5.32 Å². The molecule has 0 radical (unpaired) electrons. The van der Waals surface area contributed by atoms with E-state index in [9.17, 15) is 13.6 Å². The Hall–Kier alpha value is -2.74. The minimum Gasteiger partial charge on any atom is -0.375 e. The second-order valence-electron chi connectivity index (χ2n) is 6.44. The van der Waals surface area contributed by atoms with Crippen LogP contribution in [0.25, 0.3) is 5.69 Å². The first-order chi connectivity index (χ1) is 13.0. The van der Waals surface area contributed by atoms with Crippen molar-refractivity contribution >= 4 is 17.3 Å². The van der Waals surface area contributed by atoms with Crippen LogP contribution in [-0.4, -0.2) is 19.6 Å². The molecule has 1 aliphatic carbocycles. The predicted octanol–water partition coefficient (Wildman–Crippen LogP) is 3.39. The highest BCUT2D eigenvalue weighted by molar-refractivity contribution is 6.33. The van der Waals surface area contributed by atoms with Gasteiger partial charge in [0.2, 0.25) is 0 Å². The highest BCUT2D eigenvalue weighted by atomic mass is 35.5. The van der Waals surface area contributed by atoms with Crippen LogP contribution < -0.4 is 10.9 Å². The third-order valence-corrected chi connectivity index (χ3v) is 5.13. The van der Waals surface area contributed by atoms with Crippen molar-refractivity contribution in [1.29, 1.82) is 0 Å². The van der Waals surface area contributed by atoms with E-state index >= 15 is 0 Å². The summed E-state index contributed by atoms with van der Waals surface area (Å²) in [5.74, 6) is -1.63. The van der Waals surface area contributed by atoms with Gasteiger partial charge in [0.1, 0.15) is 16.5 Å². The number of hydrogen-bond donors (Lipinski definition) is 1. The third kappa shape index (κ3) is 3.10. The maximum Gasteiger partial charge on any atom is 0.292 e. The molecule has 0 fully saturated rings. The fourth-order valence-corrected chi connectivity index (χ4v) is 3.59. The zero-order chi connectivity index (χ0) is 19.1. The maximum atomic E-state index is 14.0. The Kier molecular flexibility index (Phi) is 4.43. The number of rotatable bonds is 3. The number of fused-ring (bicyclic) bond motifs is 1. The zero-order valence-electron chi connectivity index (χ0n) is 14.4. The van der Waals surface area contributed by atoms with Crippen molar-refractivity contribution in [3.63, 3.8) is 0 Å². The lowest BCUT2D eigenvalue weighted by Gasteiger charge is -2.25. The van der Waals surface area contributed by atoms with E-state index in [0.717, 1.165) is 47.3 Å². The Labute approximate surface area is 158 Å². The van der Waals surface area contributed by atoms with E-state index in [1.54, 1.807) is 0 Å². The van der Waals surface area contributed by atoms with Crippen LogP contribution >= 0.6 is 11.6 Å². The number of nitrogens with zero attached hydrogens (tertiary/aromatic N) is 4. The number of nitrogens with one attached hydrogen (secondary N) is 1. The fourth-order valence-electron chi connectivity index (χ4n) is 3.40. The molecule has 1 aromatic carbocycles. The van der Waals surface area contributed by atoms with Crippen molar-refractivity contribution < 1.29 is 8.78 Å². The molecule has 3 aromatic rings. The van der Waals surface area contributed by atoms with Gasteiger partial charge in [0.15, 0.2) is 5.82 Å². The van der Waals surface area contributed by atoms with Crippen LogP contribution in [0.4, 0.5) is 14.5 Å². The molecule has 0 saturated heterocycles. The van der Waals surface area contributed by atoms with Crippen LogP contribution in [0.3, 0.4) is 0 Å². The summed E-state index contributed by atoms with van der Waals surface area (Å²) >= 11 is 6.23. The van der Waals surface area contributed by atoms with Gasteiger partial charge in [-0.25, -0.2) is 8.78 Å². The van der Waals surface area contributed by atoms with Crippen molar-refractivity contribution in [2.75, 3.05) is 5.32 Å². The monoisotopic (exact) mass is 391 g/mol. The number of halogens is 3. The average molecular weight is 392 g/mol. The summed E-state index contributed by atoms with van der Waals surface area (Å²) in [5, 5.41) is 11.4. The normalized spacial score (nSPS) is 16.2. The Morgan fingerprint density at radius 3 is 2.85 bits per heavy atom. The van der Waals surface area contributed by atoms with Crippen LogP contribution in [0.1, 0.15) is 30.1 Å². The Morgan fingerprint density at radius 2 is 2.07 bits per heavy atom. The quantitative estimate of drug-likeness (QED) is 0.743. The number of aryl methyl sites for hydroxylation is 1. The highest BCUT2D eigenvalue weighted by Gasteiger charge is 2.25. The molecular weight excluding hydrogens is 376 g/mol. The molecule has 4 rings (SSSR count). The van der Waals surface area contributed by atoms with E-state index in [-0.39, 0.29) is 16.8 Å². The molecule has 1 atom stereocenters. The van der Waals surface area contributed by atoms with Gasteiger partial charge in [0.05, 0.1) is 24.1 Å². The molecule has 0 spiro atoms. The van der Waals surface area contributed by atoms with E-state index in [4.69, 9.17) is 11.6 Å². The third-order valence-electron chi connectivity index (χ3n) is 4.76. The van der Waals surface area contributed by atoms with Gasteiger partial charge in [-0.2, -0.15) is 14.9 Å². The molecule has 6 nitrogen and oxygen atoms in total. The van der Waals surface area contributed by atoms with Gasteiger partial charge in [-0.1, -0.05) is 11.6 Å². The van der Waals surface area contributed by atoms with Crippen LogP contribution in [-0.2, 0) is 13.5 Å². The molecule has 0 aliphatic heterocycles. The SMILES string of the molecule is Cn1ncc2c1CCCC2Nc1cnn(-c2ccc(F)cc2F)c(=O)c1Cl. The van der Waals surface area contributed by atoms with E-state index in [2.05, 4.69) is 15.5 Å². The van der Waals surface area contributed by atoms with Crippen LogP contribution in [0.15, 0.2) is 35.4 Å². The molecule has 1 unspecified atom stereocenters. The number of anilines is 1. The Balaban J connectivity index is 1.68. The highest BCUT2D eigenvalue weighted by Crippen LogP contribution is 2.33. The van der Waals surface area contributed by atoms with Crippen LogP contribution in [0.2, 0.25) is 5.02 Å². The van der Waals surface area contributed by atoms with Gasteiger partial charge in [-0.3, -0.25) is 9.48 Å². The minimum atomic E-state index is -0.895. The van der Waals surface area contributed by atoms with Gasteiger partial charge in [0, 0.05) is 24.4 Å². The molecule has 0 saturated carbocycles. The lowest BCUT2D eigenvalue weighted by atomic mass is 9.93. The number of hydrogen-bond acceptors (Lipinski definition) is 4. The van der Waals surface area contributed by atoms with Gasteiger partial charge >= 0.3 is 0 Å². The van der Waals surface area contributed by atoms with E-state index in [1.807, 2.05) is 17.9 Å². The molecule has 0 bridgehead atoms. The second-order valence-corrected chi connectivity index (χ2v) is 6.82. The molecule has 1 N–H and O–H groups in total. The summed E-state index contributed by atoms with van der Waals surface area (Å²) in [5.41, 5.74) is 1.72. The molecule has 27 heavy (non-hydrogen) atoms. The standard InChI is InChI=1S/C18H16ClF2N5O/c1-25-15-4-2-3-13(11(15)8-22-25)24-14-9-23-26(18(27)17(14)19)16-6-5-10(20)7-12(16)21/h5-9,13,24H,2-4H2,1H3. The summed E-state index contributed by atoms with van der Waals surface area (Å²) in [6.07, 6.45) is 5.97. The molecule has 2 aromatic heterocycles. The predicted molar refractivity (Wildman–Crippen MR) is 97.3 cm³/mol. The summed E-state index contributed by atoms with van der Waals surface area (Å²) < 4.78 is 29.7. The summed E-state index contributed by atoms with van der Waals surface area (Å²) in [7, 11) is 1.90. The fraction of sp³-hybridized carbons (Fsp3) is 0.278. The van der Waals surface area contributed by atoms with Crippen molar-refractivity contribution in [3.8, 4) is 5.69 Å². The Morgan fingerprint density at radius 1 is 1.26 bits per heavy atom.